The Balaban J connectivity index is 2.02. The van der Waals surface area contributed by atoms with Crippen molar-refractivity contribution in [3.63, 3.8) is 0 Å². The van der Waals surface area contributed by atoms with Gasteiger partial charge in [-0.2, -0.15) is 10.5 Å². The lowest BCUT2D eigenvalue weighted by atomic mass is 10.0. The van der Waals surface area contributed by atoms with Gasteiger partial charge in [0.05, 0.1) is 0 Å². The number of benzene rings is 2. The van der Waals surface area contributed by atoms with Gasteiger partial charge in [-0.05, 0) is 42.4 Å². The van der Waals surface area contributed by atoms with Crippen LogP contribution in [-0.4, -0.2) is 11.4 Å². The second-order valence-electron chi connectivity index (χ2n) is 6.42. The first-order chi connectivity index (χ1) is 14.2. The van der Waals surface area contributed by atoms with Gasteiger partial charge in [0, 0.05) is 23.5 Å². The van der Waals surface area contributed by atoms with Crippen molar-refractivity contribution in [2.45, 2.75) is 6.92 Å². The van der Waals surface area contributed by atoms with Crippen LogP contribution in [-0.2, 0) is 0 Å². The van der Waals surface area contributed by atoms with E-state index in [1.165, 1.54) is 0 Å². The average Bonchev–Trinajstić information content (AvgIpc) is 2.78. The van der Waals surface area contributed by atoms with Crippen molar-refractivity contribution < 1.29 is 0 Å². The average molecular weight is 375 g/mol. The number of nitriles is 2. The minimum atomic E-state index is 0.108. The molecule has 3 nitrogen and oxygen atoms in total. The molecular formula is C26H21N3. The minimum Gasteiger partial charge on any atom is -0.342 e. The van der Waals surface area contributed by atoms with Crippen LogP contribution in [0.15, 0.2) is 108 Å². The molecule has 29 heavy (non-hydrogen) atoms. The summed E-state index contributed by atoms with van der Waals surface area (Å²) in [4.78, 5) is 2.16. The summed E-state index contributed by atoms with van der Waals surface area (Å²) in [5.41, 5.74) is 4.78. The van der Waals surface area contributed by atoms with E-state index >= 15 is 0 Å². The van der Waals surface area contributed by atoms with Crippen LogP contribution >= 0.6 is 0 Å². The summed E-state index contributed by atoms with van der Waals surface area (Å²) >= 11 is 0. The van der Waals surface area contributed by atoms with Crippen molar-refractivity contribution in [1.29, 1.82) is 10.5 Å². The van der Waals surface area contributed by atoms with Gasteiger partial charge in [-0.3, -0.25) is 0 Å². The molecule has 0 amide bonds. The van der Waals surface area contributed by atoms with Gasteiger partial charge in [-0.1, -0.05) is 72.8 Å². The van der Waals surface area contributed by atoms with Gasteiger partial charge in [-0.15, -0.1) is 0 Å². The summed E-state index contributed by atoms with van der Waals surface area (Å²) < 4.78 is 0. The molecule has 0 N–H and O–H groups in total. The van der Waals surface area contributed by atoms with Gasteiger partial charge >= 0.3 is 0 Å². The van der Waals surface area contributed by atoms with Crippen LogP contribution in [0.3, 0.4) is 0 Å². The van der Waals surface area contributed by atoms with Crippen LogP contribution in [0.5, 0.6) is 0 Å². The zero-order valence-electron chi connectivity index (χ0n) is 16.3. The summed E-state index contributed by atoms with van der Waals surface area (Å²) in [6.45, 7) is 2.84. The van der Waals surface area contributed by atoms with Gasteiger partial charge in [0.25, 0.3) is 0 Å². The first-order valence-electron chi connectivity index (χ1n) is 9.47. The fraction of sp³-hybridized carbons (Fsp3) is 0.0769. The van der Waals surface area contributed by atoms with Crippen LogP contribution in [0.2, 0.25) is 0 Å². The van der Waals surface area contributed by atoms with Crippen LogP contribution < -0.4 is 0 Å². The summed E-state index contributed by atoms with van der Waals surface area (Å²) in [6.07, 6.45) is 11.9. The first kappa shape index (κ1) is 19.7. The highest BCUT2D eigenvalue weighted by Crippen LogP contribution is 2.27. The Hall–Kier alpha value is -4.08. The van der Waals surface area contributed by atoms with Crippen molar-refractivity contribution in [2.75, 3.05) is 6.54 Å². The van der Waals surface area contributed by atoms with E-state index in [9.17, 15) is 10.5 Å². The number of rotatable bonds is 5. The SMILES string of the molecule is CCN1C(/C=C/c2ccccc2)=CC(=C(C#N)C#N)C=C1/C=C/c1ccccc1. The maximum absolute atomic E-state index is 9.35. The minimum absolute atomic E-state index is 0.108. The van der Waals surface area contributed by atoms with Crippen LogP contribution in [0.4, 0.5) is 0 Å². The molecule has 0 bridgehead atoms. The van der Waals surface area contributed by atoms with Crippen LogP contribution in [0, 0.1) is 22.7 Å². The number of likely N-dealkylation sites (N-methyl/N-ethyl adjacent to an activating group) is 1. The summed E-state index contributed by atoms with van der Waals surface area (Å²) in [5.74, 6) is 0. The summed E-state index contributed by atoms with van der Waals surface area (Å²) in [5, 5.41) is 18.7. The van der Waals surface area contributed by atoms with Crippen molar-refractivity contribution in [3.8, 4) is 12.1 Å². The Morgan fingerprint density at radius 3 is 1.59 bits per heavy atom. The summed E-state index contributed by atoms with van der Waals surface area (Å²) in [7, 11) is 0. The molecule has 0 fully saturated rings. The molecule has 3 rings (SSSR count). The standard InChI is InChI=1S/C26H21N3/c1-2-29-25(15-13-21-9-5-3-6-10-21)17-23(24(19-27)20-28)18-26(29)16-14-22-11-7-4-8-12-22/h3-18H,2H2,1H3/b15-13+,16-14+. The number of allylic oxidation sites excluding steroid dienone is 6. The molecule has 1 aliphatic heterocycles. The topological polar surface area (TPSA) is 50.8 Å². The quantitative estimate of drug-likeness (QED) is 0.615. The lowest BCUT2D eigenvalue weighted by Gasteiger charge is -2.29. The molecule has 0 unspecified atom stereocenters. The van der Waals surface area contributed by atoms with Crippen molar-refractivity contribution in [2.24, 2.45) is 0 Å². The van der Waals surface area contributed by atoms with Crippen molar-refractivity contribution >= 4 is 12.2 Å². The normalized spacial score (nSPS) is 13.8. The van der Waals surface area contributed by atoms with Gasteiger partial charge in [-0.25, -0.2) is 0 Å². The maximum Gasteiger partial charge on any atom is 0.137 e. The Kier molecular flexibility index (Phi) is 6.61. The van der Waals surface area contributed by atoms with Crippen LogP contribution in [0.25, 0.3) is 12.2 Å². The van der Waals surface area contributed by atoms with Crippen LogP contribution in [0.1, 0.15) is 18.1 Å². The molecule has 0 aliphatic carbocycles. The molecule has 2 aromatic rings. The lowest BCUT2D eigenvalue weighted by molar-refractivity contribution is 0.474. The Morgan fingerprint density at radius 2 is 1.21 bits per heavy atom. The van der Waals surface area contributed by atoms with E-state index < -0.39 is 0 Å². The molecule has 0 radical (unpaired) electrons. The van der Waals surface area contributed by atoms with Gasteiger partial charge in [0.1, 0.15) is 17.7 Å². The van der Waals surface area contributed by atoms with Gasteiger partial charge in [0.15, 0.2) is 0 Å². The first-order valence-corrected chi connectivity index (χ1v) is 9.47. The van der Waals surface area contributed by atoms with Crippen molar-refractivity contribution in [1.82, 2.24) is 4.90 Å². The third kappa shape index (κ3) is 5.01. The Labute approximate surface area is 172 Å². The van der Waals surface area contributed by atoms with Gasteiger partial charge < -0.3 is 4.90 Å². The predicted octanol–water partition coefficient (Wildman–Crippen LogP) is 5.86. The highest BCUT2D eigenvalue weighted by molar-refractivity contribution is 5.62. The zero-order chi connectivity index (χ0) is 20.5. The molecule has 0 saturated carbocycles. The maximum atomic E-state index is 9.35. The van der Waals surface area contributed by atoms with E-state index in [1.807, 2.05) is 109 Å². The molecule has 1 aliphatic rings. The Bertz CT molecular complexity index is 1000. The van der Waals surface area contributed by atoms with Crippen molar-refractivity contribution in [3.05, 3.63) is 119 Å². The highest BCUT2D eigenvalue weighted by atomic mass is 15.1. The largest absolute Gasteiger partial charge is 0.342 e. The van der Waals surface area contributed by atoms with E-state index in [-0.39, 0.29) is 5.57 Å². The number of nitrogens with zero attached hydrogens (tertiary/aromatic N) is 3. The predicted molar refractivity (Wildman–Crippen MR) is 118 cm³/mol. The highest BCUT2D eigenvalue weighted by Gasteiger charge is 2.17. The smallest absolute Gasteiger partial charge is 0.137 e. The van der Waals surface area contributed by atoms with E-state index in [4.69, 9.17) is 0 Å². The van der Waals surface area contributed by atoms with Gasteiger partial charge in [0.2, 0.25) is 0 Å². The number of hydrogen-bond acceptors (Lipinski definition) is 3. The second-order valence-corrected chi connectivity index (χ2v) is 6.42. The number of hydrogen-bond donors (Lipinski definition) is 0. The summed E-state index contributed by atoms with van der Waals surface area (Å²) in [6, 6.07) is 24.1. The third-order valence-corrected chi connectivity index (χ3v) is 4.55. The van der Waals surface area contributed by atoms with E-state index in [2.05, 4.69) is 11.8 Å². The third-order valence-electron chi connectivity index (χ3n) is 4.55. The van der Waals surface area contributed by atoms with E-state index in [0.717, 1.165) is 29.1 Å². The fourth-order valence-electron chi connectivity index (χ4n) is 3.10. The molecule has 2 aromatic carbocycles. The molecule has 0 spiro atoms. The molecule has 3 heteroatoms. The lowest BCUT2D eigenvalue weighted by Crippen LogP contribution is -2.23. The molecular weight excluding hydrogens is 354 g/mol. The molecule has 1 heterocycles. The Morgan fingerprint density at radius 1 is 0.759 bits per heavy atom. The van der Waals surface area contributed by atoms with E-state index in [0.29, 0.717) is 5.57 Å². The molecule has 0 saturated heterocycles. The second kappa shape index (κ2) is 9.74. The molecule has 0 atom stereocenters. The monoisotopic (exact) mass is 375 g/mol. The molecule has 0 aromatic heterocycles. The molecule has 140 valence electrons. The fourth-order valence-corrected chi connectivity index (χ4v) is 3.10. The zero-order valence-corrected chi connectivity index (χ0v) is 16.3. The van der Waals surface area contributed by atoms with E-state index in [1.54, 1.807) is 0 Å².